The second-order valence-corrected chi connectivity index (χ2v) is 8.17. The normalized spacial score (nSPS) is 12.6. The predicted molar refractivity (Wildman–Crippen MR) is 151 cm³/mol. The van der Waals surface area contributed by atoms with Gasteiger partial charge in [0.2, 0.25) is 5.91 Å². The number of phenols is 2. The van der Waals surface area contributed by atoms with Crippen LogP contribution in [-0.2, 0) is 0 Å². The summed E-state index contributed by atoms with van der Waals surface area (Å²) in [6.45, 7) is 12.9. The highest BCUT2D eigenvalue weighted by atomic mass is 16.5. The van der Waals surface area contributed by atoms with E-state index in [1.165, 1.54) is 6.92 Å². The third kappa shape index (κ3) is 11.6. The molecule has 0 aliphatic rings. The molecule has 38 heavy (non-hydrogen) atoms. The Morgan fingerprint density at radius 2 is 1.53 bits per heavy atom. The number of aliphatic hydroxyl groups is 4. The Kier molecular flexibility index (Phi) is 17.1. The molecule has 2 unspecified atom stereocenters. The number of ether oxygens (including phenoxy) is 2. The van der Waals surface area contributed by atoms with Crippen molar-refractivity contribution in [3.63, 3.8) is 0 Å². The van der Waals surface area contributed by atoms with Gasteiger partial charge in [0.05, 0.1) is 7.11 Å². The lowest BCUT2D eigenvalue weighted by molar-refractivity contribution is -0.214. The Labute approximate surface area is 226 Å². The zero-order chi connectivity index (χ0) is 30.3. The standard InChI is InChI=1S/C12H19NO3.C9H12BNO2.C3H9NO3.C2H4/c1-3-12(14,8-13)9-16-11-7-5-4-6-10(11)15-2;1-4-6(10)9(13)8(12)5(2)7(4)11-3;1-2(5)3(4,6)7;1-2/h4-7,14H,3,8-9,13H2,1-2H3;11-13H,1-3H3;2,5-7H,4H2,1H3;1-2H2. The molecule has 0 amide bonds. The molecule has 0 aromatic heterocycles. The average molecular weight is 537 g/mol. The Balaban J connectivity index is 0. The van der Waals surface area contributed by atoms with Gasteiger partial charge in [0.1, 0.15) is 26.2 Å². The van der Waals surface area contributed by atoms with Crippen molar-refractivity contribution in [2.75, 3.05) is 32.6 Å². The first-order valence-electron chi connectivity index (χ1n) is 11.7. The Morgan fingerprint density at radius 1 is 1.05 bits per heavy atom. The fourth-order valence-corrected chi connectivity index (χ4v) is 2.65. The van der Waals surface area contributed by atoms with Crippen molar-refractivity contribution in [2.24, 2.45) is 11.5 Å². The highest BCUT2D eigenvalue weighted by molar-refractivity contribution is 6.36. The van der Waals surface area contributed by atoms with E-state index in [0.717, 1.165) is 11.3 Å². The molecular weight excluding hydrogens is 493 g/mol. The van der Waals surface area contributed by atoms with Crippen LogP contribution in [0.5, 0.6) is 23.0 Å². The van der Waals surface area contributed by atoms with E-state index >= 15 is 0 Å². The van der Waals surface area contributed by atoms with Crippen LogP contribution in [0, 0.1) is 13.8 Å². The highest BCUT2D eigenvalue weighted by Gasteiger charge is 2.24. The van der Waals surface area contributed by atoms with E-state index in [4.69, 9.17) is 38.4 Å². The molecule has 0 heterocycles. The maximum absolute atomic E-state index is 9.96. The van der Waals surface area contributed by atoms with E-state index in [1.54, 1.807) is 34.1 Å². The summed E-state index contributed by atoms with van der Waals surface area (Å²) in [7, 11) is 8.90. The molecule has 11 N–H and O–H groups in total. The van der Waals surface area contributed by atoms with Gasteiger partial charge in [-0.05, 0) is 50.4 Å². The van der Waals surface area contributed by atoms with Gasteiger partial charge in [0, 0.05) is 24.8 Å². The van der Waals surface area contributed by atoms with Crippen LogP contribution in [0.4, 0.5) is 5.69 Å². The molecule has 0 spiro atoms. The summed E-state index contributed by atoms with van der Waals surface area (Å²) in [5, 5.41) is 56.3. The van der Waals surface area contributed by atoms with Gasteiger partial charge in [-0.25, -0.2) is 0 Å². The van der Waals surface area contributed by atoms with Gasteiger partial charge in [0.25, 0.3) is 0 Å². The number of anilines is 1. The van der Waals surface area contributed by atoms with E-state index < -0.39 is 17.6 Å². The van der Waals surface area contributed by atoms with Crippen LogP contribution in [-0.4, -0.2) is 83.4 Å². The van der Waals surface area contributed by atoms with E-state index in [9.17, 15) is 15.3 Å². The predicted octanol–water partition coefficient (Wildman–Crippen LogP) is 0.490. The van der Waals surface area contributed by atoms with Gasteiger partial charge in [-0.2, -0.15) is 0 Å². The van der Waals surface area contributed by atoms with Crippen molar-refractivity contribution in [1.82, 2.24) is 0 Å². The summed E-state index contributed by atoms with van der Waals surface area (Å²) in [6, 6.07) is 7.32. The number of hydrogen-bond donors (Lipinski definition) is 9. The summed E-state index contributed by atoms with van der Waals surface area (Å²) < 4.78 is 10.7. The van der Waals surface area contributed by atoms with E-state index in [0.29, 0.717) is 23.5 Å². The number of para-hydroxylation sites is 2. The van der Waals surface area contributed by atoms with Crippen molar-refractivity contribution < 1.29 is 40.1 Å². The zero-order valence-corrected chi connectivity index (χ0v) is 23.2. The third-order valence-corrected chi connectivity index (χ3v) is 5.46. The van der Waals surface area contributed by atoms with Crippen molar-refractivity contribution >= 4 is 19.0 Å². The van der Waals surface area contributed by atoms with Gasteiger partial charge in [-0.1, -0.05) is 19.1 Å². The van der Waals surface area contributed by atoms with Crippen molar-refractivity contribution in [3.8, 4) is 23.0 Å². The molecule has 2 aromatic rings. The molecule has 2 atom stereocenters. The lowest BCUT2D eigenvalue weighted by Crippen LogP contribution is -2.49. The molecule has 11 nitrogen and oxygen atoms in total. The van der Waals surface area contributed by atoms with E-state index in [2.05, 4.69) is 24.2 Å². The molecule has 2 rings (SSSR count). The molecular formula is C26H44BN3O8. The van der Waals surface area contributed by atoms with Crippen molar-refractivity contribution in [1.29, 1.82) is 0 Å². The molecule has 2 aromatic carbocycles. The van der Waals surface area contributed by atoms with Crippen LogP contribution in [0.1, 0.15) is 31.4 Å². The molecule has 0 fully saturated rings. The number of aliphatic hydroxyl groups excluding tert-OH is 1. The summed E-state index contributed by atoms with van der Waals surface area (Å²) >= 11 is 0. The minimum absolute atomic E-state index is 0.160. The molecule has 0 aliphatic heterocycles. The number of benzene rings is 2. The lowest BCUT2D eigenvalue weighted by Gasteiger charge is -2.25. The topological polar surface area (TPSA) is 204 Å². The minimum atomic E-state index is -2.44. The number of nitrogens with two attached hydrogens (primary N) is 2. The number of aromatic hydroxyl groups is 2. The monoisotopic (exact) mass is 537 g/mol. The number of phenolic OH excluding ortho intramolecular Hbond substituents is 2. The van der Waals surface area contributed by atoms with Crippen LogP contribution in [0.3, 0.4) is 0 Å². The first kappa shape index (κ1) is 37.2. The second-order valence-electron chi connectivity index (χ2n) is 8.17. The third-order valence-electron chi connectivity index (χ3n) is 5.46. The molecule has 0 saturated heterocycles. The molecule has 12 heteroatoms. The second kappa shape index (κ2) is 17.5. The summed E-state index contributed by atoms with van der Waals surface area (Å²) in [4.78, 5) is 0. The van der Waals surface area contributed by atoms with E-state index in [1.807, 2.05) is 25.1 Å². The van der Waals surface area contributed by atoms with Crippen LogP contribution >= 0.6 is 0 Å². The maximum Gasteiger partial charge on any atom is 0.246 e. The average Bonchev–Trinajstić information content (AvgIpc) is 2.91. The minimum Gasteiger partial charge on any atom is -0.505 e. The lowest BCUT2D eigenvalue weighted by atomic mass is 9.87. The first-order chi connectivity index (χ1) is 17.6. The Morgan fingerprint density at radius 3 is 1.89 bits per heavy atom. The molecule has 214 valence electrons. The van der Waals surface area contributed by atoms with Crippen LogP contribution in [0.15, 0.2) is 37.4 Å². The van der Waals surface area contributed by atoms with Crippen molar-refractivity contribution in [2.45, 2.75) is 51.7 Å². The number of rotatable bonds is 8. The number of nitrogens with one attached hydrogen (secondary N) is 1. The molecule has 0 saturated carbocycles. The van der Waals surface area contributed by atoms with Crippen molar-refractivity contribution in [3.05, 3.63) is 48.6 Å². The van der Waals surface area contributed by atoms with Crippen LogP contribution in [0.2, 0.25) is 0 Å². The summed E-state index contributed by atoms with van der Waals surface area (Å²) in [5.41, 5.74) is 11.4. The molecule has 0 aliphatic carbocycles. The summed E-state index contributed by atoms with van der Waals surface area (Å²) in [5.74, 6) is -1.58. The Bertz CT molecular complexity index is 935. The quantitative estimate of drug-likeness (QED) is 0.0745. The van der Waals surface area contributed by atoms with Crippen LogP contribution in [0.25, 0.3) is 0 Å². The number of hydrogen-bond acceptors (Lipinski definition) is 11. The van der Waals surface area contributed by atoms with Gasteiger partial charge in [0.15, 0.2) is 23.0 Å². The highest BCUT2D eigenvalue weighted by Crippen LogP contribution is 2.33. The van der Waals surface area contributed by atoms with Gasteiger partial charge in [-0.3, -0.25) is 5.73 Å². The summed E-state index contributed by atoms with van der Waals surface area (Å²) in [6.07, 6.45) is -0.758. The molecule has 2 radical (unpaired) electrons. The smallest absolute Gasteiger partial charge is 0.246 e. The van der Waals surface area contributed by atoms with Gasteiger partial charge < -0.3 is 51.2 Å². The molecule has 0 bridgehead atoms. The maximum atomic E-state index is 9.96. The van der Waals surface area contributed by atoms with Gasteiger partial charge in [-0.15, -0.1) is 13.2 Å². The largest absolute Gasteiger partial charge is 0.505 e. The zero-order valence-electron chi connectivity index (χ0n) is 23.2. The number of methoxy groups -OCH3 is 1. The van der Waals surface area contributed by atoms with E-state index in [-0.39, 0.29) is 30.1 Å². The van der Waals surface area contributed by atoms with Gasteiger partial charge >= 0.3 is 0 Å². The van der Waals surface area contributed by atoms with Crippen LogP contribution < -0.4 is 31.7 Å². The SMILES string of the molecule is C=C.CC(O)C(N)(O)O.CCC(O)(CN)COc1ccccc1OC.[B]c1c(C)c(NC)c(C)c(O)c1O. The fraction of sp³-hybridized carbons (Fsp3) is 0.462. The first-order valence-corrected chi connectivity index (χ1v) is 11.7. The fourth-order valence-electron chi connectivity index (χ4n) is 2.65. The Hall–Kier alpha value is -3.00.